The van der Waals surface area contributed by atoms with E-state index >= 15 is 0 Å². The first-order valence-electron chi connectivity index (χ1n) is 11.3. The van der Waals surface area contributed by atoms with Crippen molar-refractivity contribution in [2.24, 2.45) is 0 Å². The fourth-order valence-electron chi connectivity index (χ4n) is 4.48. The summed E-state index contributed by atoms with van der Waals surface area (Å²) in [7, 11) is 1.62. The van der Waals surface area contributed by atoms with Gasteiger partial charge in [-0.15, -0.1) is 0 Å². The Bertz CT molecular complexity index is 1190. The zero-order chi connectivity index (χ0) is 22.7. The molecule has 9 heteroatoms. The molecule has 0 radical (unpaired) electrons. The number of imidazole rings is 1. The van der Waals surface area contributed by atoms with E-state index in [4.69, 9.17) is 9.72 Å². The molecule has 1 aliphatic carbocycles. The highest BCUT2D eigenvalue weighted by atomic mass is 16.5. The van der Waals surface area contributed by atoms with Crippen LogP contribution in [0.1, 0.15) is 44.6 Å². The van der Waals surface area contributed by atoms with E-state index in [0.29, 0.717) is 23.7 Å². The van der Waals surface area contributed by atoms with Gasteiger partial charge in [-0.2, -0.15) is 4.98 Å². The first-order chi connectivity index (χ1) is 15.6. The van der Waals surface area contributed by atoms with Crippen LogP contribution >= 0.6 is 0 Å². The largest absolute Gasteiger partial charge is 0.497 e. The summed E-state index contributed by atoms with van der Waals surface area (Å²) in [6.45, 7) is 2.30. The number of nitrogens with zero attached hydrogens (tertiary/aromatic N) is 4. The van der Waals surface area contributed by atoms with Gasteiger partial charge >= 0.3 is 5.69 Å². The Balaban J connectivity index is 1.89. The van der Waals surface area contributed by atoms with Crippen molar-refractivity contribution >= 4 is 17.1 Å². The van der Waals surface area contributed by atoms with Gasteiger partial charge in [0, 0.05) is 12.6 Å². The highest BCUT2D eigenvalue weighted by Gasteiger charge is 2.23. The van der Waals surface area contributed by atoms with Gasteiger partial charge in [0.2, 0.25) is 5.95 Å². The molecule has 0 saturated heterocycles. The number of nitrogens with one attached hydrogen (secondary N) is 1. The molecular formula is C23H31N5O4. The summed E-state index contributed by atoms with van der Waals surface area (Å²) in [5.74, 6) is 1.34. The van der Waals surface area contributed by atoms with E-state index in [-0.39, 0.29) is 31.3 Å². The van der Waals surface area contributed by atoms with Crippen molar-refractivity contribution in [1.29, 1.82) is 0 Å². The molecule has 3 aromatic rings. The molecule has 0 aliphatic heterocycles. The number of aliphatic hydroxyl groups is 1. The van der Waals surface area contributed by atoms with Crippen LogP contribution in [0.5, 0.6) is 5.75 Å². The van der Waals surface area contributed by atoms with Gasteiger partial charge in [0.25, 0.3) is 5.56 Å². The highest BCUT2D eigenvalue weighted by Crippen LogP contribution is 2.24. The lowest BCUT2D eigenvalue weighted by atomic mass is 9.96. The maximum Gasteiger partial charge on any atom is 0.332 e. The van der Waals surface area contributed by atoms with E-state index in [1.54, 1.807) is 14.0 Å². The van der Waals surface area contributed by atoms with E-state index in [2.05, 4.69) is 5.32 Å². The summed E-state index contributed by atoms with van der Waals surface area (Å²) in [4.78, 5) is 30.9. The molecule has 1 aliphatic rings. The minimum atomic E-state index is -0.447. The minimum Gasteiger partial charge on any atom is -0.497 e. The monoisotopic (exact) mass is 441 g/mol. The van der Waals surface area contributed by atoms with Crippen molar-refractivity contribution < 1.29 is 9.84 Å². The number of fused-ring (bicyclic) bond motifs is 1. The fraction of sp³-hybridized carbons (Fsp3) is 0.522. The molecule has 4 rings (SSSR count). The number of methoxy groups -OCH3 is 1. The molecule has 1 fully saturated rings. The quantitative estimate of drug-likeness (QED) is 0.555. The lowest BCUT2D eigenvalue weighted by Crippen LogP contribution is -2.40. The number of rotatable bonds is 8. The summed E-state index contributed by atoms with van der Waals surface area (Å²) in [6.07, 6.45) is 5.66. The number of anilines is 1. The Hall–Kier alpha value is -3.07. The van der Waals surface area contributed by atoms with Gasteiger partial charge in [-0.25, -0.2) is 4.79 Å². The Labute approximate surface area is 186 Å². The number of hydrogen-bond donors (Lipinski definition) is 2. The second kappa shape index (κ2) is 9.60. The van der Waals surface area contributed by atoms with Crippen molar-refractivity contribution in [3.63, 3.8) is 0 Å². The molecule has 0 bridgehead atoms. The smallest absolute Gasteiger partial charge is 0.332 e. The predicted molar refractivity (Wildman–Crippen MR) is 124 cm³/mol. The Morgan fingerprint density at radius 3 is 2.44 bits per heavy atom. The van der Waals surface area contributed by atoms with E-state index in [1.807, 2.05) is 28.8 Å². The molecule has 2 heterocycles. The van der Waals surface area contributed by atoms with Gasteiger partial charge in [0.1, 0.15) is 5.75 Å². The molecule has 2 aromatic heterocycles. The van der Waals surface area contributed by atoms with Crippen LogP contribution in [-0.4, -0.2) is 43.6 Å². The van der Waals surface area contributed by atoms with Crippen molar-refractivity contribution in [1.82, 2.24) is 18.7 Å². The number of aliphatic hydroxyl groups excluding tert-OH is 1. The molecule has 172 valence electrons. The third-order valence-electron chi connectivity index (χ3n) is 6.19. The van der Waals surface area contributed by atoms with Crippen LogP contribution in [-0.2, 0) is 19.6 Å². The maximum absolute atomic E-state index is 13.3. The maximum atomic E-state index is 13.3. The molecule has 1 saturated carbocycles. The Morgan fingerprint density at radius 2 is 1.81 bits per heavy atom. The van der Waals surface area contributed by atoms with Gasteiger partial charge < -0.3 is 15.2 Å². The summed E-state index contributed by atoms with van der Waals surface area (Å²) in [6, 6.07) is 7.96. The first kappa shape index (κ1) is 22.1. The van der Waals surface area contributed by atoms with Gasteiger partial charge in [-0.3, -0.25) is 18.5 Å². The van der Waals surface area contributed by atoms with Crippen LogP contribution in [0.15, 0.2) is 33.9 Å². The number of aromatic nitrogens is 4. The van der Waals surface area contributed by atoms with Crippen LogP contribution in [0, 0.1) is 0 Å². The lowest BCUT2D eigenvalue weighted by molar-refractivity contribution is 0.274. The number of hydrogen-bond acceptors (Lipinski definition) is 6. The third kappa shape index (κ3) is 4.17. The standard InChI is InChI=1S/C23H31N5O4/c1-3-26-21(30)19-20(27(13-14-29)23(26)31)25-22(24-17-7-5-4-6-8-17)28(19)15-16-9-11-18(32-2)12-10-16/h9-12,17,29H,3-8,13-15H2,1-2H3,(H,24,25). The summed E-state index contributed by atoms with van der Waals surface area (Å²) in [5, 5.41) is 13.1. The van der Waals surface area contributed by atoms with Gasteiger partial charge in [-0.1, -0.05) is 31.4 Å². The van der Waals surface area contributed by atoms with Crippen LogP contribution in [0.3, 0.4) is 0 Å². The summed E-state index contributed by atoms with van der Waals surface area (Å²) >= 11 is 0. The van der Waals surface area contributed by atoms with Crippen LogP contribution in [0.4, 0.5) is 5.95 Å². The molecule has 9 nitrogen and oxygen atoms in total. The molecule has 0 amide bonds. The third-order valence-corrected chi connectivity index (χ3v) is 6.19. The molecule has 0 atom stereocenters. The Morgan fingerprint density at radius 1 is 1.09 bits per heavy atom. The molecule has 0 unspecified atom stereocenters. The normalized spacial score (nSPS) is 14.7. The van der Waals surface area contributed by atoms with Gasteiger partial charge in [0.15, 0.2) is 11.2 Å². The fourth-order valence-corrected chi connectivity index (χ4v) is 4.48. The average molecular weight is 442 g/mol. The van der Waals surface area contributed by atoms with Crippen LogP contribution < -0.4 is 21.3 Å². The minimum absolute atomic E-state index is 0.0814. The van der Waals surface area contributed by atoms with Crippen molar-refractivity contribution in [3.05, 3.63) is 50.7 Å². The number of benzene rings is 1. The van der Waals surface area contributed by atoms with Crippen molar-refractivity contribution in [2.45, 2.75) is 64.7 Å². The van der Waals surface area contributed by atoms with Crippen molar-refractivity contribution in [3.8, 4) is 5.75 Å². The van der Waals surface area contributed by atoms with E-state index < -0.39 is 5.69 Å². The lowest BCUT2D eigenvalue weighted by Gasteiger charge is -2.23. The SMILES string of the molecule is CCn1c(=O)c2c(nc(NC3CCCCC3)n2Cc2ccc(OC)cc2)n(CCO)c1=O. The zero-order valence-corrected chi connectivity index (χ0v) is 18.7. The second-order valence-electron chi connectivity index (χ2n) is 8.23. The van der Waals surface area contributed by atoms with Gasteiger partial charge in [-0.05, 0) is 37.5 Å². The van der Waals surface area contributed by atoms with E-state index in [0.717, 1.165) is 37.0 Å². The Kier molecular flexibility index (Phi) is 6.64. The average Bonchev–Trinajstić information content (AvgIpc) is 3.16. The summed E-state index contributed by atoms with van der Waals surface area (Å²) < 4.78 is 9.73. The van der Waals surface area contributed by atoms with Crippen LogP contribution in [0.25, 0.3) is 11.2 Å². The molecular weight excluding hydrogens is 410 g/mol. The topological polar surface area (TPSA) is 103 Å². The highest BCUT2D eigenvalue weighted by molar-refractivity contribution is 5.74. The van der Waals surface area contributed by atoms with E-state index in [1.165, 1.54) is 15.6 Å². The number of ether oxygens (including phenoxy) is 1. The molecule has 1 aromatic carbocycles. The molecule has 2 N–H and O–H groups in total. The van der Waals surface area contributed by atoms with E-state index in [9.17, 15) is 14.7 Å². The zero-order valence-electron chi connectivity index (χ0n) is 18.7. The van der Waals surface area contributed by atoms with Crippen LogP contribution in [0.2, 0.25) is 0 Å². The summed E-state index contributed by atoms with van der Waals surface area (Å²) in [5.41, 5.74) is 0.857. The predicted octanol–water partition coefficient (Wildman–Crippen LogP) is 2.17. The first-order valence-corrected chi connectivity index (χ1v) is 11.3. The second-order valence-corrected chi connectivity index (χ2v) is 8.23. The van der Waals surface area contributed by atoms with Crippen molar-refractivity contribution in [2.75, 3.05) is 19.0 Å². The molecule has 0 spiro atoms. The molecule has 32 heavy (non-hydrogen) atoms. The van der Waals surface area contributed by atoms with Gasteiger partial charge in [0.05, 0.1) is 26.8 Å².